The monoisotopic (exact) mass is 469 g/mol. The minimum Gasteiger partial charge on any atom is -0.352 e. The fraction of sp³-hybridized carbons (Fsp3) is 0.172. The standard InChI is InChI=1S/C29H28FN3O2/c1-20-4-3-5-22(18-20)19-31-29(35)17-15-27-14-16-28(23-6-8-24(30)9-7-23)33(27)26-12-10-25(11-13-26)32-21(2)34/h3-14,16,18H,15,17,19H2,1-2H3,(H,31,35)(H,32,34). The van der Waals surface area contributed by atoms with Crippen LogP contribution >= 0.6 is 0 Å². The highest BCUT2D eigenvalue weighted by molar-refractivity contribution is 5.88. The smallest absolute Gasteiger partial charge is 0.221 e. The molecule has 0 saturated carbocycles. The number of carbonyl (C=O) groups is 2. The van der Waals surface area contributed by atoms with Crippen LogP contribution in [0, 0.1) is 12.7 Å². The second kappa shape index (κ2) is 10.8. The van der Waals surface area contributed by atoms with Crippen LogP contribution in [0.2, 0.25) is 0 Å². The van der Waals surface area contributed by atoms with Gasteiger partial charge in [0, 0.05) is 37.0 Å². The highest BCUT2D eigenvalue weighted by Gasteiger charge is 2.14. The first-order valence-electron chi connectivity index (χ1n) is 11.6. The number of aryl methyl sites for hydroxylation is 2. The van der Waals surface area contributed by atoms with Crippen molar-refractivity contribution in [2.75, 3.05) is 5.32 Å². The van der Waals surface area contributed by atoms with Crippen LogP contribution in [0.1, 0.15) is 30.2 Å². The number of nitrogens with zero attached hydrogens (tertiary/aromatic N) is 1. The number of carbonyl (C=O) groups excluding carboxylic acids is 2. The van der Waals surface area contributed by atoms with E-state index in [9.17, 15) is 14.0 Å². The minimum absolute atomic E-state index is 0.0244. The molecule has 5 nitrogen and oxygen atoms in total. The van der Waals surface area contributed by atoms with Crippen LogP contribution in [0.4, 0.5) is 10.1 Å². The van der Waals surface area contributed by atoms with Crippen molar-refractivity contribution in [1.82, 2.24) is 9.88 Å². The Morgan fingerprint density at radius 2 is 1.66 bits per heavy atom. The summed E-state index contributed by atoms with van der Waals surface area (Å²) in [6.07, 6.45) is 0.872. The third kappa shape index (κ3) is 6.23. The van der Waals surface area contributed by atoms with E-state index in [4.69, 9.17) is 0 Å². The van der Waals surface area contributed by atoms with Crippen molar-refractivity contribution in [2.45, 2.75) is 33.2 Å². The molecule has 35 heavy (non-hydrogen) atoms. The largest absolute Gasteiger partial charge is 0.352 e. The highest BCUT2D eigenvalue weighted by Crippen LogP contribution is 2.28. The van der Waals surface area contributed by atoms with Crippen LogP contribution in [0.3, 0.4) is 0 Å². The summed E-state index contributed by atoms with van der Waals surface area (Å²) in [5.74, 6) is -0.455. The first-order valence-corrected chi connectivity index (χ1v) is 11.6. The Hall–Kier alpha value is -4.19. The predicted molar refractivity (Wildman–Crippen MR) is 137 cm³/mol. The quantitative estimate of drug-likeness (QED) is 0.343. The second-order valence-electron chi connectivity index (χ2n) is 8.55. The molecule has 0 aliphatic heterocycles. The van der Waals surface area contributed by atoms with Crippen molar-refractivity contribution in [3.8, 4) is 16.9 Å². The van der Waals surface area contributed by atoms with E-state index in [0.29, 0.717) is 25.1 Å². The van der Waals surface area contributed by atoms with Crippen LogP contribution < -0.4 is 10.6 Å². The van der Waals surface area contributed by atoms with Crippen molar-refractivity contribution < 1.29 is 14.0 Å². The van der Waals surface area contributed by atoms with Gasteiger partial charge in [-0.2, -0.15) is 0 Å². The van der Waals surface area contributed by atoms with Gasteiger partial charge in [0.05, 0.1) is 5.69 Å². The molecule has 0 unspecified atom stereocenters. The number of hydrogen-bond acceptors (Lipinski definition) is 2. The number of anilines is 1. The van der Waals surface area contributed by atoms with Crippen molar-refractivity contribution in [3.63, 3.8) is 0 Å². The summed E-state index contributed by atoms with van der Waals surface area (Å²) < 4.78 is 15.6. The molecule has 2 N–H and O–H groups in total. The molecule has 0 saturated heterocycles. The molecular formula is C29H28FN3O2. The third-order valence-corrected chi connectivity index (χ3v) is 5.73. The van der Waals surface area contributed by atoms with E-state index in [1.165, 1.54) is 19.1 Å². The Morgan fingerprint density at radius 1 is 0.914 bits per heavy atom. The summed E-state index contributed by atoms with van der Waals surface area (Å²) in [6, 6.07) is 25.9. The molecule has 2 amide bonds. The predicted octanol–water partition coefficient (Wildman–Crippen LogP) is 5.80. The molecule has 0 bridgehead atoms. The van der Waals surface area contributed by atoms with E-state index < -0.39 is 0 Å². The molecule has 0 aliphatic carbocycles. The Balaban J connectivity index is 1.55. The lowest BCUT2D eigenvalue weighted by molar-refractivity contribution is -0.121. The van der Waals surface area contributed by atoms with Gasteiger partial charge in [-0.3, -0.25) is 9.59 Å². The Bertz CT molecular complexity index is 1330. The van der Waals surface area contributed by atoms with Gasteiger partial charge in [-0.05, 0) is 85.1 Å². The van der Waals surface area contributed by atoms with Crippen LogP contribution in [0.25, 0.3) is 16.9 Å². The third-order valence-electron chi connectivity index (χ3n) is 5.73. The number of nitrogens with one attached hydrogen (secondary N) is 2. The first-order chi connectivity index (χ1) is 16.9. The van der Waals surface area contributed by atoms with E-state index >= 15 is 0 Å². The molecule has 0 aliphatic rings. The molecule has 3 aromatic carbocycles. The normalized spacial score (nSPS) is 10.7. The van der Waals surface area contributed by atoms with E-state index in [1.807, 2.05) is 61.5 Å². The maximum atomic E-state index is 13.5. The number of hydrogen-bond donors (Lipinski definition) is 2. The molecule has 1 heterocycles. The number of halogens is 1. The molecule has 0 atom stereocenters. The van der Waals surface area contributed by atoms with Crippen molar-refractivity contribution in [2.24, 2.45) is 0 Å². The molecule has 0 fully saturated rings. The van der Waals surface area contributed by atoms with E-state index in [0.717, 1.165) is 33.8 Å². The molecule has 1 aromatic heterocycles. The zero-order valence-electron chi connectivity index (χ0n) is 19.8. The molecule has 0 spiro atoms. The zero-order valence-corrected chi connectivity index (χ0v) is 19.8. The van der Waals surface area contributed by atoms with Crippen LogP contribution in [-0.4, -0.2) is 16.4 Å². The van der Waals surface area contributed by atoms with Gasteiger partial charge in [-0.25, -0.2) is 4.39 Å². The average molecular weight is 470 g/mol. The molecule has 178 valence electrons. The Labute approximate surface area is 204 Å². The Morgan fingerprint density at radius 3 is 2.34 bits per heavy atom. The van der Waals surface area contributed by atoms with Crippen molar-refractivity contribution in [3.05, 3.63) is 108 Å². The number of amides is 2. The fourth-order valence-electron chi connectivity index (χ4n) is 4.07. The number of benzene rings is 3. The van der Waals surface area contributed by atoms with Gasteiger partial charge >= 0.3 is 0 Å². The van der Waals surface area contributed by atoms with E-state index in [1.54, 1.807) is 12.1 Å². The van der Waals surface area contributed by atoms with Crippen LogP contribution in [0.15, 0.2) is 84.9 Å². The summed E-state index contributed by atoms with van der Waals surface area (Å²) >= 11 is 0. The first kappa shape index (κ1) is 24.0. The summed E-state index contributed by atoms with van der Waals surface area (Å²) in [5.41, 5.74) is 6.54. The lowest BCUT2D eigenvalue weighted by atomic mass is 10.1. The van der Waals surface area contributed by atoms with Crippen LogP contribution in [-0.2, 0) is 22.6 Å². The molecule has 4 aromatic rings. The minimum atomic E-state index is -0.294. The fourth-order valence-corrected chi connectivity index (χ4v) is 4.07. The summed E-state index contributed by atoms with van der Waals surface area (Å²) in [7, 11) is 0. The Kier molecular flexibility index (Phi) is 7.41. The van der Waals surface area contributed by atoms with Gasteiger partial charge in [-0.15, -0.1) is 0 Å². The van der Waals surface area contributed by atoms with Gasteiger partial charge in [-0.1, -0.05) is 29.8 Å². The second-order valence-corrected chi connectivity index (χ2v) is 8.55. The summed E-state index contributed by atoms with van der Waals surface area (Å²) in [6.45, 7) is 3.99. The van der Waals surface area contributed by atoms with E-state index in [-0.39, 0.29) is 17.6 Å². The molecule has 0 radical (unpaired) electrons. The maximum absolute atomic E-state index is 13.5. The zero-order chi connectivity index (χ0) is 24.8. The highest BCUT2D eigenvalue weighted by atomic mass is 19.1. The van der Waals surface area contributed by atoms with Crippen LogP contribution in [0.5, 0.6) is 0 Å². The van der Waals surface area contributed by atoms with Crippen molar-refractivity contribution in [1.29, 1.82) is 0 Å². The average Bonchev–Trinajstić information content (AvgIpc) is 3.26. The van der Waals surface area contributed by atoms with Gasteiger partial charge < -0.3 is 15.2 Å². The topological polar surface area (TPSA) is 63.1 Å². The van der Waals surface area contributed by atoms with E-state index in [2.05, 4.69) is 21.3 Å². The lowest BCUT2D eigenvalue weighted by Gasteiger charge is -2.15. The van der Waals surface area contributed by atoms with Gasteiger partial charge in [0.2, 0.25) is 11.8 Å². The molecule has 4 rings (SSSR count). The van der Waals surface area contributed by atoms with Gasteiger partial charge in [0.25, 0.3) is 0 Å². The lowest BCUT2D eigenvalue weighted by Crippen LogP contribution is -2.23. The van der Waals surface area contributed by atoms with Gasteiger partial charge in [0.15, 0.2) is 0 Å². The maximum Gasteiger partial charge on any atom is 0.221 e. The number of rotatable bonds is 8. The van der Waals surface area contributed by atoms with Gasteiger partial charge in [0.1, 0.15) is 5.82 Å². The van der Waals surface area contributed by atoms with Crippen molar-refractivity contribution >= 4 is 17.5 Å². The molecule has 6 heteroatoms. The summed E-state index contributed by atoms with van der Waals surface area (Å²) in [5, 5.41) is 5.77. The number of aromatic nitrogens is 1. The summed E-state index contributed by atoms with van der Waals surface area (Å²) in [4.78, 5) is 24.0. The SMILES string of the molecule is CC(=O)Nc1ccc(-n2c(CCC(=O)NCc3cccc(C)c3)ccc2-c2ccc(F)cc2)cc1. The molecular weight excluding hydrogens is 441 g/mol.